The van der Waals surface area contributed by atoms with Crippen LogP contribution in [0.4, 0.5) is 0 Å². The molecule has 3 nitrogen and oxygen atoms in total. The van der Waals surface area contributed by atoms with Crippen molar-refractivity contribution < 1.29 is 14.3 Å². The zero-order chi connectivity index (χ0) is 10.9. The number of hydrogen-bond acceptors (Lipinski definition) is 3. The van der Waals surface area contributed by atoms with E-state index in [1.807, 2.05) is 0 Å². The molecule has 0 saturated carbocycles. The summed E-state index contributed by atoms with van der Waals surface area (Å²) in [7, 11) is 2.59. The Morgan fingerprint density at radius 2 is 1.71 bits per heavy atom. The van der Waals surface area contributed by atoms with Gasteiger partial charge in [-0.05, 0) is 6.08 Å². The van der Waals surface area contributed by atoms with Gasteiger partial charge in [-0.2, -0.15) is 0 Å². The molecule has 0 aliphatic heterocycles. The van der Waals surface area contributed by atoms with Crippen LogP contribution in [0.15, 0.2) is 21.2 Å². The van der Waals surface area contributed by atoms with Gasteiger partial charge >= 0.3 is 0 Å². The van der Waals surface area contributed by atoms with Gasteiger partial charge in [0.05, 0.1) is 10.1 Å². The van der Waals surface area contributed by atoms with Gasteiger partial charge in [-0.1, -0.05) is 34.8 Å². The third-order valence-electron chi connectivity index (χ3n) is 1.85. The summed E-state index contributed by atoms with van der Waals surface area (Å²) in [5, 5.41) is -0.0342. The van der Waals surface area contributed by atoms with Crippen LogP contribution in [-0.2, 0) is 14.3 Å². The molecule has 0 N–H and O–H groups in total. The third kappa shape index (κ3) is 1.59. The van der Waals surface area contributed by atoms with Gasteiger partial charge in [-0.25, -0.2) is 0 Å². The van der Waals surface area contributed by atoms with Crippen LogP contribution in [0.1, 0.15) is 0 Å². The number of ketones is 1. The Balaban J connectivity index is 3.28. The second kappa shape index (κ2) is 4.21. The number of carbonyl (C=O) groups excluding carboxylic acids is 1. The minimum absolute atomic E-state index is 0.0434. The first-order valence-corrected chi connectivity index (χ1v) is 4.71. The van der Waals surface area contributed by atoms with E-state index < -0.39 is 11.6 Å². The molecular weight excluding hydrogens is 250 g/mol. The molecule has 1 rings (SSSR count). The van der Waals surface area contributed by atoms with Gasteiger partial charge in [-0.15, -0.1) is 0 Å². The topological polar surface area (TPSA) is 35.5 Å². The van der Waals surface area contributed by atoms with Crippen LogP contribution in [0.25, 0.3) is 0 Å². The molecule has 0 aromatic carbocycles. The standard InChI is InChI=1S/C8H7Cl3O3/c1-13-8(14-2)5(10)3-4(9)6(11)7(8)12/h3H,1-2H3. The van der Waals surface area contributed by atoms with E-state index in [0.29, 0.717) is 0 Å². The zero-order valence-corrected chi connectivity index (χ0v) is 9.70. The first-order valence-electron chi connectivity index (χ1n) is 3.57. The maximum atomic E-state index is 11.7. The molecule has 0 radical (unpaired) electrons. The van der Waals surface area contributed by atoms with Gasteiger partial charge in [0.25, 0.3) is 5.79 Å². The Labute approximate surface area is 96.2 Å². The highest BCUT2D eigenvalue weighted by molar-refractivity contribution is 6.52. The summed E-state index contributed by atoms with van der Waals surface area (Å²) >= 11 is 17.1. The summed E-state index contributed by atoms with van der Waals surface area (Å²) in [5.74, 6) is -2.27. The van der Waals surface area contributed by atoms with Crippen LogP contribution in [0, 0.1) is 0 Å². The summed E-state index contributed by atoms with van der Waals surface area (Å²) in [5.41, 5.74) is 0. The number of allylic oxidation sites excluding steroid dienone is 2. The smallest absolute Gasteiger partial charge is 0.272 e. The van der Waals surface area contributed by atoms with Crippen LogP contribution in [-0.4, -0.2) is 25.8 Å². The van der Waals surface area contributed by atoms with Crippen LogP contribution < -0.4 is 0 Å². The maximum Gasteiger partial charge on any atom is 0.272 e. The Bertz CT molecular complexity index is 325. The molecule has 0 atom stereocenters. The first-order chi connectivity index (χ1) is 6.49. The van der Waals surface area contributed by atoms with Crippen LogP contribution in [0.3, 0.4) is 0 Å². The molecule has 0 bridgehead atoms. The molecule has 6 heteroatoms. The van der Waals surface area contributed by atoms with E-state index >= 15 is 0 Å². The molecule has 0 aromatic heterocycles. The highest BCUT2D eigenvalue weighted by Gasteiger charge is 2.47. The number of halogens is 3. The number of Topliss-reactive ketones (excluding diaryl/α,β-unsaturated/α-hetero) is 1. The van der Waals surface area contributed by atoms with Crippen molar-refractivity contribution in [3.8, 4) is 0 Å². The van der Waals surface area contributed by atoms with Crippen molar-refractivity contribution in [2.45, 2.75) is 5.79 Å². The second-order valence-electron chi connectivity index (χ2n) is 2.51. The largest absolute Gasteiger partial charge is 0.342 e. The molecule has 0 saturated heterocycles. The summed E-state index contributed by atoms with van der Waals surface area (Å²) < 4.78 is 9.84. The fourth-order valence-corrected chi connectivity index (χ4v) is 1.87. The molecule has 0 aromatic rings. The quantitative estimate of drug-likeness (QED) is 0.713. The van der Waals surface area contributed by atoms with Crippen LogP contribution in [0.2, 0.25) is 0 Å². The van der Waals surface area contributed by atoms with E-state index in [1.165, 1.54) is 20.3 Å². The molecule has 1 aliphatic carbocycles. The highest BCUT2D eigenvalue weighted by atomic mass is 35.5. The van der Waals surface area contributed by atoms with Crippen LogP contribution >= 0.6 is 34.8 Å². The lowest BCUT2D eigenvalue weighted by Crippen LogP contribution is -2.45. The molecule has 78 valence electrons. The highest BCUT2D eigenvalue weighted by Crippen LogP contribution is 2.37. The SMILES string of the molecule is COC1(OC)C(=O)C(Cl)=C(Cl)C=C1Cl. The number of hydrogen-bond donors (Lipinski definition) is 0. The van der Waals surface area contributed by atoms with Crippen LogP contribution in [0.5, 0.6) is 0 Å². The lowest BCUT2D eigenvalue weighted by atomic mass is 10.1. The lowest BCUT2D eigenvalue weighted by Gasteiger charge is -2.30. The van der Waals surface area contributed by atoms with Crippen molar-refractivity contribution in [3.63, 3.8) is 0 Å². The van der Waals surface area contributed by atoms with E-state index in [2.05, 4.69) is 0 Å². The second-order valence-corrected chi connectivity index (χ2v) is 3.70. The van der Waals surface area contributed by atoms with Crippen molar-refractivity contribution in [2.75, 3.05) is 14.2 Å². The molecule has 14 heavy (non-hydrogen) atoms. The van der Waals surface area contributed by atoms with E-state index in [9.17, 15) is 4.79 Å². The fourth-order valence-electron chi connectivity index (χ4n) is 1.09. The number of carbonyl (C=O) groups is 1. The van der Waals surface area contributed by atoms with E-state index in [1.54, 1.807) is 0 Å². The minimum Gasteiger partial charge on any atom is -0.342 e. The third-order valence-corrected chi connectivity index (χ3v) is 2.98. The average Bonchev–Trinajstić information content (AvgIpc) is 2.17. The van der Waals surface area contributed by atoms with Gasteiger partial charge in [0.2, 0.25) is 5.78 Å². The predicted octanol–water partition coefficient (Wildman–Crippen LogP) is 2.37. The lowest BCUT2D eigenvalue weighted by molar-refractivity contribution is -0.183. The molecule has 0 unspecified atom stereocenters. The normalized spacial score (nSPS) is 21.2. The molecule has 0 heterocycles. The monoisotopic (exact) mass is 256 g/mol. The van der Waals surface area contributed by atoms with Crippen molar-refractivity contribution in [1.82, 2.24) is 0 Å². The maximum absolute atomic E-state index is 11.7. The molecule has 0 spiro atoms. The summed E-state index contributed by atoms with van der Waals surface area (Å²) in [6.45, 7) is 0. The molecule has 0 fully saturated rings. The van der Waals surface area contributed by atoms with E-state index in [4.69, 9.17) is 44.3 Å². The number of ether oxygens (including phenoxy) is 2. The number of methoxy groups -OCH3 is 2. The minimum atomic E-state index is -1.66. The van der Waals surface area contributed by atoms with Crippen molar-refractivity contribution >= 4 is 40.6 Å². The Morgan fingerprint density at radius 3 is 2.14 bits per heavy atom. The average molecular weight is 258 g/mol. The summed E-state index contributed by atoms with van der Waals surface area (Å²) in [6, 6.07) is 0. The van der Waals surface area contributed by atoms with Gasteiger partial charge < -0.3 is 9.47 Å². The number of rotatable bonds is 2. The molecule has 1 aliphatic rings. The van der Waals surface area contributed by atoms with E-state index in [-0.39, 0.29) is 15.1 Å². The van der Waals surface area contributed by atoms with Crippen molar-refractivity contribution in [2.24, 2.45) is 0 Å². The molecular formula is C8H7Cl3O3. The summed E-state index contributed by atoms with van der Waals surface area (Å²) in [6.07, 6.45) is 1.32. The summed E-state index contributed by atoms with van der Waals surface area (Å²) in [4.78, 5) is 11.7. The van der Waals surface area contributed by atoms with Gasteiger partial charge in [-0.3, -0.25) is 4.79 Å². The molecule has 0 amide bonds. The Kier molecular flexibility index (Phi) is 3.61. The van der Waals surface area contributed by atoms with Gasteiger partial charge in [0, 0.05) is 14.2 Å². The fraction of sp³-hybridized carbons (Fsp3) is 0.375. The predicted molar refractivity (Wildman–Crippen MR) is 54.4 cm³/mol. The van der Waals surface area contributed by atoms with Crippen molar-refractivity contribution in [3.05, 3.63) is 21.2 Å². The Hall–Kier alpha value is -0.0600. The zero-order valence-electron chi connectivity index (χ0n) is 7.44. The van der Waals surface area contributed by atoms with Gasteiger partial charge in [0.1, 0.15) is 5.03 Å². The Morgan fingerprint density at radius 1 is 1.21 bits per heavy atom. The van der Waals surface area contributed by atoms with Gasteiger partial charge in [0.15, 0.2) is 0 Å². The van der Waals surface area contributed by atoms with E-state index in [0.717, 1.165) is 0 Å². The van der Waals surface area contributed by atoms with Crippen molar-refractivity contribution in [1.29, 1.82) is 0 Å². The first kappa shape index (κ1) is 12.0.